The normalized spacial score (nSPS) is 10.5. The van der Waals surface area contributed by atoms with Crippen molar-refractivity contribution in [3.63, 3.8) is 0 Å². The topological polar surface area (TPSA) is 92.5 Å². The molecular weight excluding hydrogens is 240 g/mol. The summed E-state index contributed by atoms with van der Waals surface area (Å²) in [5.74, 6) is -0.413. The Morgan fingerprint density at radius 1 is 1.59 bits per heavy atom. The molecule has 0 aliphatic carbocycles. The van der Waals surface area contributed by atoms with Crippen LogP contribution >= 0.6 is 12.2 Å². The molecule has 1 rings (SSSR count). The molecule has 0 aliphatic rings. The van der Waals surface area contributed by atoms with Crippen LogP contribution in [0.1, 0.15) is 27.3 Å². The number of nitrogens with two attached hydrogens (primary N) is 1. The van der Waals surface area contributed by atoms with Gasteiger partial charge in [0.05, 0.1) is 24.6 Å². The number of aryl methyl sites for hydroxylation is 1. The van der Waals surface area contributed by atoms with Crippen LogP contribution in [-0.4, -0.2) is 29.4 Å². The number of aromatic amines is 1. The highest BCUT2D eigenvalue weighted by Gasteiger charge is 2.18. The third kappa shape index (κ3) is 3.04. The number of H-pyrrole nitrogens is 1. The van der Waals surface area contributed by atoms with Crippen LogP contribution in [0.3, 0.4) is 0 Å². The summed E-state index contributed by atoms with van der Waals surface area (Å²) in [6, 6.07) is 0. The second kappa shape index (κ2) is 5.44. The van der Waals surface area contributed by atoms with Gasteiger partial charge in [-0.3, -0.25) is 5.43 Å². The average Bonchev–Trinajstić information content (AvgIpc) is 2.54. The summed E-state index contributed by atoms with van der Waals surface area (Å²) < 4.78 is 4.71. The van der Waals surface area contributed by atoms with Crippen LogP contribution in [0.25, 0.3) is 0 Å². The minimum Gasteiger partial charge on any atom is -0.465 e. The van der Waals surface area contributed by atoms with Gasteiger partial charge in [0, 0.05) is 5.69 Å². The minimum atomic E-state index is -0.413. The maximum Gasteiger partial charge on any atom is 0.340 e. The van der Waals surface area contributed by atoms with Crippen molar-refractivity contribution in [2.24, 2.45) is 10.8 Å². The van der Waals surface area contributed by atoms with Gasteiger partial charge in [0.1, 0.15) is 0 Å². The zero-order valence-electron chi connectivity index (χ0n) is 9.83. The fourth-order valence-corrected chi connectivity index (χ4v) is 1.42. The zero-order valence-corrected chi connectivity index (χ0v) is 10.6. The second-order valence-electron chi connectivity index (χ2n) is 3.39. The van der Waals surface area contributed by atoms with Gasteiger partial charge in [-0.1, -0.05) is 0 Å². The summed E-state index contributed by atoms with van der Waals surface area (Å²) in [5, 5.41) is 3.85. The van der Waals surface area contributed by atoms with Gasteiger partial charge < -0.3 is 15.5 Å². The number of aromatic nitrogens is 1. The first-order valence-electron chi connectivity index (χ1n) is 4.83. The van der Waals surface area contributed by atoms with Gasteiger partial charge in [-0.15, -0.1) is 0 Å². The Kier molecular flexibility index (Phi) is 4.22. The molecular formula is C10H14N4O2S. The van der Waals surface area contributed by atoms with E-state index in [2.05, 4.69) is 27.7 Å². The molecule has 7 heteroatoms. The lowest BCUT2D eigenvalue weighted by Gasteiger charge is -1.99. The number of carbonyl (C=O) groups is 1. The average molecular weight is 254 g/mol. The Morgan fingerprint density at radius 3 is 2.76 bits per heavy atom. The van der Waals surface area contributed by atoms with E-state index in [-0.39, 0.29) is 5.11 Å². The highest BCUT2D eigenvalue weighted by Crippen LogP contribution is 2.17. The molecule has 0 radical (unpaired) electrons. The Morgan fingerprint density at radius 2 is 2.24 bits per heavy atom. The van der Waals surface area contributed by atoms with E-state index in [1.807, 2.05) is 13.8 Å². The van der Waals surface area contributed by atoms with Gasteiger partial charge in [-0.25, -0.2) is 4.79 Å². The minimum absolute atomic E-state index is 0.0564. The van der Waals surface area contributed by atoms with Crippen LogP contribution in [0.15, 0.2) is 5.10 Å². The van der Waals surface area contributed by atoms with Crippen LogP contribution in [0, 0.1) is 13.8 Å². The summed E-state index contributed by atoms with van der Waals surface area (Å²) >= 11 is 4.60. The summed E-state index contributed by atoms with van der Waals surface area (Å²) in [4.78, 5) is 14.6. The Balaban J connectivity index is 3.07. The molecule has 0 spiro atoms. The third-order valence-corrected chi connectivity index (χ3v) is 2.38. The number of nitrogens with zero attached hydrogens (tertiary/aromatic N) is 1. The lowest BCUT2D eigenvalue weighted by Crippen LogP contribution is -2.24. The molecule has 0 saturated carbocycles. The molecule has 0 atom stereocenters. The van der Waals surface area contributed by atoms with Crippen LogP contribution in [0.2, 0.25) is 0 Å². The number of rotatable bonds is 3. The number of hydrogen-bond donors (Lipinski definition) is 3. The zero-order chi connectivity index (χ0) is 13.0. The van der Waals surface area contributed by atoms with Gasteiger partial charge in [0.2, 0.25) is 0 Å². The predicted molar refractivity (Wildman–Crippen MR) is 69.1 cm³/mol. The first-order chi connectivity index (χ1) is 7.97. The highest BCUT2D eigenvalue weighted by molar-refractivity contribution is 7.80. The summed E-state index contributed by atoms with van der Waals surface area (Å²) in [5.41, 5.74) is 10.3. The van der Waals surface area contributed by atoms with E-state index in [4.69, 9.17) is 10.5 Å². The van der Waals surface area contributed by atoms with Crippen molar-refractivity contribution in [3.8, 4) is 0 Å². The van der Waals surface area contributed by atoms with Gasteiger partial charge >= 0.3 is 5.97 Å². The standard InChI is InChI=1S/C10H14N4O2S/c1-5-6(2)13-7(4-12-14-10(11)17)8(5)9(15)16-3/h4,13H,1-3H3,(H3,11,14,17)/b12-4+. The Bertz CT molecular complexity index is 479. The maximum absolute atomic E-state index is 11.6. The molecule has 0 unspecified atom stereocenters. The number of carbonyl (C=O) groups excluding carboxylic acids is 1. The molecule has 0 aliphatic heterocycles. The smallest absolute Gasteiger partial charge is 0.340 e. The van der Waals surface area contributed by atoms with Crippen LogP contribution < -0.4 is 11.2 Å². The Hall–Kier alpha value is -1.89. The molecule has 17 heavy (non-hydrogen) atoms. The monoisotopic (exact) mass is 254 g/mol. The lowest BCUT2D eigenvalue weighted by molar-refractivity contribution is 0.0600. The summed E-state index contributed by atoms with van der Waals surface area (Å²) in [7, 11) is 1.33. The fraction of sp³-hybridized carbons (Fsp3) is 0.300. The van der Waals surface area contributed by atoms with Gasteiger partial charge in [0.15, 0.2) is 5.11 Å². The molecule has 0 fully saturated rings. The van der Waals surface area contributed by atoms with Crippen LogP contribution in [0.4, 0.5) is 0 Å². The number of hydrogen-bond acceptors (Lipinski definition) is 4. The molecule has 0 amide bonds. The summed E-state index contributed by atoms with van der Waals surface area (Å²) in [6.45, 7) is 3.69. The fourth-order valence-electron chi connectivity index (χ4n) is 1.37. The van der Waals surface area contributed by atoms with Crippen molar-refractivity contribution < 1.29 is 9.53 Å². The van der Waals surface area contributed by atoms with Crippen molar-refractivity contribution >= 4 is 29.5 Å². The molecule has 1 heterocycles. The number of hydrazone groups is 1. The molecule has 1 aromatic heterocycles. The highest BCUT2D eigenvalue weighted by atomic mass is 32.1. The van der Waals surface area contributed by atoms with Crippen LogP contribution in [-0.2, 0) is 4.74 Å². The van der Waals surface area contributed by atoms with Crippen molar-refractivity contribution in [2.45, 2.75) is 13.8 Å². The van der Waals surface area contributed by atoms with E-state index in [0.29, 0.717) is 11.3 Å². The molecule has 6 nitrogen and oxygen atoms in total. The van der Waals surface area contributed by atoms with Gasteiger partial charge in [0.25, 0.3) is 0 Å². The third-order valence-electron chi connectivity index (χ3n) is 2.29. The molecule has 1 aromatic rings. The van der Waals surface area contributed by atoms with E-state index in [9.17, 15) is 4.79 Å². The van der Waals surface area contributed by atoms with Crippen molar-refractivity contribution in [1.82, 2.24) is 10.4 Å². The summed E-state index contributed by atoms with van der Waals surface area (Å²) in [6.07, 6.45) is 1.44. The van der Waals surface area contributed by atoms with Crippen LogP contribution in [0.5, 0.6) is 0 Å². The molecule has 0 saturated heterocycles. The Labute approximate surface area is 104 Å². The predicted octanol–water partition coefficient (Wildman–Crippen LogP) is 0.585. The molecule has 92 valence electrons. The number of nitrogens with one attached hydrogen (secondary N) is 2. The number of thiocarbonyl (C=S) groups is 1. The number of esters is 1. The van der Waals surface area contributed by atoms with Gasteiger partial charge in [-0.2, -0.15) is 5.10 Å². The lowest BCUT2D eigenvalue weighted by atomic mass is 10.1. The maximum atomic E-state index is 11.6. The first-order valence-corrected chi connectivity index (χ1v) is 5.24. The van der Waals surface area contributed by atoms with E-state index < -0.39 is 5.97 Å². The number of ether oxygens (including phenoxy) is 1. The molecule has 0 aromatic carbocycles. The number of methoxy groups -OCH3 is 1. The largest absolute Gasteiger partial charge is 0.465 e. The second-order valence-corrected chi connectivity index (χ2v) is 3.83. The molecule has 4 N–H and O–H groups in total. The van der Waals surface area contributed by atoms with Crippen molar-refractivity contribution in [2.75, 3.05) is 7.11 Å². The van der Waals surface area contributed by atoms with Crippen molar-refractivity contribution in [1.29, 1.82) is 0 Å². The van der Waals surface area contributed by atoms with E-state index in [1.54, 1.807) is 0 Å². The quantitative estimate of drug-likeness (QED) is 0.318. The van der Waals surface area contributed by atoms with Crippen molar-refractivity contribution in [3.05, 3.63) is 22.5 Å². The van der Waals surface area contributed by atoms with E-state index in [0.717, 1.165) is 11.3 Å². The van der Waals surface area contributed by atoms with E-state index >= 15 is 0 Å². The SMILES string of the molecule is COC(=O)c1c(/C=N/NC(N)=S)[nH]c(C)c1C. The van der Waals surface area contributed by atoms with E-state index in [1.165, 1.54) is 13.3 Å². The molecule has 0 bridgehead atoms. The van der Waals surface area contributed by atoms with Gasteiger partial charge in [-0.05, 0) is 31.6 Å². The first kappa shape index (κ1) is 13.2.